The van der Waals surface area contributed by atoms with Gasteiger partial charge in [-0.2, -0.15) is 0 Å². The molecule has 148 valence electrons. The van der Waals surface area contributed by atoms with Crippen molar-refractivity contribution >= 4 is 5.96 Å². The monoisotopic (exact) mass is 356 g/mol. The third-order valence-corrected chi connectivity index (χ3v) is 5.31. The van der Waals surface area contributed by atoms with E-state index in [1.165, 1.54) is 12.8 Å². The average Bonchev–Trinajstić information content (AvgIpc) is 3.07. The summed E-state index contributed by atoms with van der Waals surface area (Å²) in [6.07, 6.45) is 3.59. The van der Waals surface area contributed by atoms with Crippen LogP contribution in [0.15, 0.2) is 4.99 Å². The summed E-state index contributed by atoms with van der Waals surface area (Å²) in [7, 11) is 7.94. The van der Waals surface area contributed by atoms with Gasteiger partial charge in [-0.15, -0.1) is 0 Å². The summed E-state index contributed by atoms with van der Waals surface area (Å²) < 4.78 is 10.7. The predicted octanol–water partition coefficient (Wildman–Crippen LogP) is 1.91. The van der Waals surface area contributed by atoms with Crippen LogP contribution in [-0.4, -0.2) is 89.5 Å². The van der Waals surface area contributed by atoms with Crippen LogP contribution in [0.25, 0.3) is 0 Å². The standard InChI is InChI=1S/C19H40N4O2/c1-7-17(8-2)18(22(4)5)13-21-19(20-3)23-10-9-16(14-23)15-25-12-11-24-6/h16-18H,7-15H2,1-6H3,(H,20,21). The highest BCUT2D eigenvalue weighted by atomic mass is 16.5. The highest BCUT2D eigenvalue weighted by molar-refractivity contribution is 5.80. The zero-order chi connectivity index (χ0) is 18.7. The van der Waals surface area contributed by atoms with Gasteiger partial charge in [-0.25, -0.2) is 0 Å². The van der Waals surface area contributed by atoms with Gasteiger partial charge in [0.1, 0.15) is 0 Å². The number of aliphatic imine (C=N–C) groups is 1. The van der Waals surface area contributed by atoms with Gasteiger partial charge in [0.2, 0.25) is 0 Å². The Kier molecular flexibility index (Phi) is 11.1. The quantitative estimate of drug-likeness (QED) is 0.348. The summed E-state index contributed by atoms with van der Waals surface area (Å²) >= 11 is 0. The molecule has 0 aromatic rings. The Morgan fingerprint density at radius 3 is 2.56 bits per heavy atom. The molecule has 2 unspecified atom stereocenters. The molecule has 1 aliphatic heterocycles. The van der Waals surface area contributed by atoms with Crippen LogP contribution in [0.2, 0.25) is 0 Å². The van der Waals surface area contributed by atoms with E-state index >= 15 is 0 Å². The lowest BCUT2D eigenvalue weighted by Crippen LogP contribution is -2.48. The Labute approximate surface area is 154 Å². The lowest BCUT2D eigenvalue weighted by atomic mass is 9.93. The molecule has 0 aromatic heterocycles. The summed E-state index contributed by atoms with van der Waals surface area (Å²) in [4.78, 5) is 9.22. The van der Waals surface area contributed by atoms with Gasteiger partial charge in [0.25, 0.3) is 0 Å². The molecule has 0 spiro atoms. The Hall–Kier alpha value is -0.850. The molecular formula is C19H40N4O2. The molecule has 0 aromatic carbocycles. The van der Waals surface area contributed by atoms with Crippen molar-refractivity contribution in [1.29, 1.82) is 0 Å². The minimum Gasteiger partial charge on any atom is -0.382 e. The van der Waals surface area contributed by atoms with E-state index in [1.54, 1.807) is 7.11 Å². The van der Waals surface area contributed by atoms with Crippen LogP contribution in [0.3, 0.4) is 0 Å². The van der Waals surface area contributed by atoms with E-state index in [-0.39, 0.29) is 0 Å². The van der Waals surface area contributed by atoms with E-state index < -0.39 is 0 Å². The van der Waals surface area contributed by atoms with E-state index in [4.69, 9.17) is 9.47 Å². The Morgan fingerprint density at radius 2 is 2.00 bits per heavy atom. The first kappa shape index (κ1) is 22.2. The van der Waals surface area contributed by atoms with Crippen molar-refractivity contribution in [1.82, 2.24) is 15.1 Å². The topological polar surface area (TPSA) is 49.3 Å². The second-order valence-corrected chi connectivity index (χ2v) is 7.20. The summed E-state index contributed by atoms with van der Waals surface area (Å²) in [5, 5.41) is 3.61. The number of hydrogen-bond acceptors (Lipinski definition) is 4. The number of likely N-dealkylation sites (N-methyl/N-ethyl adjacent to an activating group) is 1. The number of methoxy groups -OCH3 is 1. The lowest BCUT2D eigenvalue weighted by molar-refractivity contribution is 0.0536. The SMILES string of the molecule is CCC(CC)C(CNC(=NC)N1CCC(COCCOC)C1)N(C)C. The van der Waals surface area contributed by atoms with E-state index in [1.807, 2.05) is 7.05 Å². The van der Waals surface area contributed by atoms with Gasteiger partial charge in [-0.1, -0.05) is 26.7 Å². The third-order valence-electron chi connectivity index (χ3n) is 5.31. The fourth-order valence-electron chi connectivity index (χ4n) is 3.69. The molecule has 0 radical (unpaired) electrons. The second kappa shape index (κ2) is 12.5. The number of hydrogen-bond donors (Lipinski definition) is 1. The minimum atomic E-state index is 0.530. The van der Waals surface area contributed by atoms with E-state index in [0.29, 0.717) is 31.1 Å². The highest BCUT2D eigenvalue weighted by Crippen LogP contribution is 2.18. The maximum absolute atomic E-state index is 5.69. The smallest absolute Gasteiger partial charge is 0.193 e. The normalized spacial score (nSPS) is 19.9. The van der Waals surface area contributed by atoms with Gasteiger partial charge >= 0.3 is 0 Å². The van der Waals surface area contributed by atoms with Crippen molar-refractivity contribution in [2.24, 2.45) is 16.8 Å². The van der Waals surface area contributed by atoms with Crippen LogP contribution in [0, 0.1) is 11.8 Å². The number of ether oxygens (including phenoxy) is 2. The number of likely N-dealkylation sites (tertiary alicyclic amines) is 1. The molecule has 1 saturated heterocycles. The minimum absolute atomic E-state index is 0.530. The first-order chi connectivity index (χ1) is 12.1. The maximum atomic E-state index is 5.69. The van der Waals surface area contributed by atoms with Gasteiger partial charge in [0, 0.05) is 45.8 Å². The van der Waals surface area contributed by atoms with Crippen molar-refractivity contribution < 1.29 is 9.47 Å². The van der Waals surface area contributed by atoms with Gasteiger partial charge < -0.3 is 24.6 Å². The molecule has 1 rings (SSSR count). The number of rotatable bonds is 11. The molecule has 1 fully saturated rings. The van der Waals surface area contributed by atoms with Crippen LogP contribution in [0.4, 0.5) is 0 Å². The molecule has 0 aliphatic carbocycles. The zero-order valence-electron chi connectivity index (χ0n) is 17.3. The fraction of sp³-hybridized carbons (Fsp3) is 0.947. The molecule has 1 N–H and O–H groups in total. The van der Waals surface area contributed by atoms with Crippen molar-refractivity contribution in [3.8, 4) is 0 Å². The molecule has 0 amide bonds. The average molecular weight is 357 g/mol. The second-order valence-electron chi connectivity index (χ2n) is 7.20. The number of nitrogens with zero attached hydrogens (tertiary/aromatic N) is 3. The van der Waals surface area contributed by atoms with Crippen LogP contribution < -0.4 is 5.32 Å². The van der Waals surface area contributed by atoms with Crippen LogP contribution >= 0.6 is 0 Å². The summed E-state index contributed by atoms with van der Waals surface area (Å²) in [5.74, 6) is 2.32. The molecule has 1 heterocycles. The maximum Gasteiger partial charge on any atom is 0.193 e. The van der Waals surface area contributed by atoms with Crippen LogP contribution in [0.5, 0.6) is 0 Å². The molecule has 6 nitrogen and oxygen atoms in total. The summed E-state index contributed by atoms with van der Waals surface area (Å²) in [6, 6.07) is 0.530. The molecule has 1 aliphatic rings. The largest absolute Gasteiger partial charge is 0.382 e. The molecule has 25 heavy (non-hydrogen) atoms. The number of nitrogens with one attached hydrogen (secondary N) is 1. The van der Waals surface area contributed by atoms with Gasteiger partial charge in [-0.3, -0.25) is 4.99 Å². The molecule has 0 bridgehead atoms. The van der Waals surface area contributed by atoms with Crippen LogP contribution in [-0.2, 0) is 9.47 Å². The van der Waals surface area contributed by atoms with Crippen molar-refractivity contribution in [2.45, 2.75) is 39.2 Å². The van der Waals surface area contributed by atoms with Crippen molar-refractivity contribution in [3.63, 3.8) is 0 Å². The number of guanidine groups is 1. The predicted molar refractivity (Wildman–Crippen MR) is 105 cm³/mol. The zero-order valence-corrected chi connectivity index (χ0v) is 17.3. The first-order valence-electron chi connectivity index (χ1n) is 9.75. The van der Waals surface area contributed by atoms with E-state index in [0.717, 1.165) is 38.6 Å². The lowest BCUT2D eigenvalue weighted by Gasteiger charge is -2.33. The summed E-state index contributed by atoms with van der Waals surface area (Å²) in [6.45, 7) is 9.74. The Balaban J connectivity index is 2.46. The van der Waals surface area contributed by atoms with Crippen molar-refractivity contribution in [2.75, 3.05) is 67.7 Å². The molecule has 0 saturated carbocycles. The molecule has 6 heteroatoms. The highest BCUT2D eigenvalue weighted by Gasteiger charge is 2.26. The molecule has 2 atom stereocenters. The van der Waals surface area contributed by atoms with Gasteiger partial charge in [0.05, 0.1) is 19.8 Å². The summed E-state index contributed by atoms with van der Waals surface area (Å²) in [5.41, 5.74) is 0. The first-order valence-corrected chi connectivity index (χ1v) is 9.75. The Morgan fingerprint density at radius 1 is 1.28 bits per heavy atom. The van der Waals surface area contributed by atoms with E-state index in [9.17, 15) is 0 Å². The third kappa shape index (κ3) is 7.50. The Bertz CT molecular complexity index is 372. The van der Waals surface area contributed by atoms with E-state index in [2.05, 4.69) is 48.1 Å². The van der Waals surface area contributed by atoms with Gasteiger partial charge in [0.15, 0.2) is 5.96 Å². The van der Waals surface area contributed by atoms with Crippen LogP contribution in [0.1, 0.15) is 33.1 Å². The van der Waals surface area contributed by atoms with Gasteiger partial charge in [-0.05, 0) is 26.4 Å². The molecular weight excluding hydrogens is 316 g/mol. The van der Waals surface area contributed by atoms with Crippen molar-refractivity contribution in [3.05, 3.63) is 0 Å². The fourth-order valence-corrected chi connectivity index (χ4v) is 3.69.